The second kappa shape index (κ2) is 5.48. The van der Waals surface area contributed by atoms with E-state index in [1.165, 1.54) is 5.56 Å². The summed E-state index contributed by atoms with van der Waals surface area (Å²) in [6.07, 6.45) is 2.43. The summed E-state index contributed by atoms with van der Waals surface area (Å²) in [5, 5.41) is 0. The van der Waals surface area contributed by atoms with Gasteiger partial charge in [-0.2, -0.15) is 0 Å². The van der Waals surface area contributed by atoms with Crippen LogP contribution in [-0.4, -0.2) is 9.97 Å². The van der Waals surface area contributed by atoms with Crippen LogP contribution >= 0.6 is 15.9 Å². The van der Waals surface area contributed by atoms with Gasteiger partial charge >= 0.3 is 0 Å². The molecular formula is C14H16BrN3. The smallest absolute Gasteiger partial charge is 0.133 e. The van der Waals surface area contributed by atoms with Crippen LogP contribution in [0.2, 0.25) is 0 Å². The number of nitrogens with two attached hydrogens (primary N) is 1. The zero-order valence-electron chi connectivity index (χ0n) is 10.5. The van der Waals surface area contributed by atoms with E-state index < -0.39 is 0 Å². The van der Waals surface area contributed by atoms with Crippen molar-refractivity contribution < 1.29 is 0 Å². The fourth-order valence-corrected chi connectivity index (χ4v) is 2.04. The van der Waals surface area contributed by atoms with Gasteiger partial charge in [0, 0.05) is 10.9 Å². The Balaban J connectivity index is 2.24. The van der Waals surface area contributed by atoms with Crippen molar-refractivity contribution >= 4 is 21.6 Å². The number of hydrogen-bond donors (Lipinski definition) is 1. The predicted octanol–water partition coefficient (Wildman–Crippen LogP) is 3.54. The number of nitrogen functional groups attached to an aromatic ring is 1. The number of aromatic nitrogens is 2. The average Bonchev–Trinajstić information content (AvgIpc) is 2.34. The molecule has 0 aliphatic carbocycles. The van der Waals surface area contributed by atoms with Gasteiger partial charge in [-0.05, 0) is 23.6 Å². The SMILES string of the molecule is CC(C)c1nc(Cc2ccc(Br)cc2)ncc1N. The van der Waals surface area contributed by atoms with Crippen molar-refractivity contribution in [3.8, 4) is 0 Å². The molecule has 0 saturated carbocycles. The Hall–Kier alpha value is -1.42. The molecule has 0 atom stereocenters. The summed E-state index contributed by atoms with van der Waals surface area (Å²) in [6.45, 7) is 4.17. The molecule has 1 aromatic heterocycles. The summed E-state index contributed by atoms with van der Waals surface area (Å²) in [5.41, 5.74) is 8.66. The topological polar surface area (TPSA) is 51.8 Å². The van der Waals surface area contributed by atoms with Crippen molar-refractivity contribution in [3.63, 3.8) is 0 Å². The molecule has 2 N–H and O–H groups in total. The van der Waals surface area contributed by atoms with E-state index >= 15 is 0 Å². The molecule has 3 nitrogen and oxygen atoms in total. The first-order valence-electron chi connectivity index (χ1n) is 5.92. The van der Waals surface area contributed by atoms with Gasteiger partial charge in [-0.15, -0.1) is 0 Å². The lowest BCUT2D eigenvalue weighted by molar-refractivity contribution is 0.796. The first-order chi connectivity index (χ1) is 8.56. The van der Waals surface area contributed by atoms with Gasteiger partial charge in [0.25, 0.3) is 0 Å². The highest BCUT2D eigenvalue weighted by molar-refractivity contribution is 9.10. The summed E-state index contributed by atoms with van der Waals surface area (Å²) in [6, 6.07) is 8.18. The van der Waals surface area contributed by atoms with Crippen molar-refractivity contribution in [3.05, 3.63) is 52.0 Å². The summed E-state index contributed by atoms with van der Waals surface area (Å²) < 4.78 is 1.08. The third-order valence-corrected chi connectivity index (χ3v) is 3.25. The highest BCUT2D eigenvalue weighted by Crippen LogP contribution is 2.19. The van der Waals surface area contributed by atoms with Crippen LogP contribution in [0.3, 0.4) is 0 Å². The summed E-state index contributed by atoms with van der Waals surface area (Å²) in [5.74, 6) is 1.13. The van der Waals surface area contributed by atoms with Gasteiger partial charge < -0.3 is 5.73 Å². The van der Waals surface area contributed by atoms with Crippen LogP contribution in [0.25, 0.3) is 0 Å². The largest absolute Gasteiger partial charge is 0.396 e. The standard InChI is InChI=1S/C14H16BrN3/c1-9(2)14-12(16)8-17-13(18-14)7-10-3-5-11(15)6-4-10/h3-6,8-9H,7,16H2,1-2H3. The molecule has 0 amide bonds. The first-order valence-corrected chi connectivity index (χ1v) is 6.71. The van der Waals surface area contributed by atoms with Crippen LogP contribution in [0.1, 0.15) is 36.8 Å². The number of halogens is 1. The minimum atomic E-state index is 0.316. The maximum absolute atomic E-state index is 5.87. The van der Waals surface area contributed by atoms with Gasteiger partial charge in [0.2, 0.25) is 0 Å². The fourth-order valence-electron chi connectivity index (χ4n) is 1.78. The number of nitrogens with zero attached hydrogens (tertiary/aromatic N) is 2. The van der Waals surface area contributed by atoms with E-state index in [0.29, 0.717) is 11.6 Å². The Bertz CT molecular complexity index is 535. The zero-order valence-corrected chi connectivity index (χ0v) is 12.1. The second-order valence-corrected chi connectivity index (χ2v) is 5.50. The second-order valence-electron chi connectivity index (χ2n) is 4.58. The predicted molar refractivity (Wildman–Crippen MR) is 77.5 cm³/mol. The number of anilines is 1. The fraction of sp³-hybridized carbons (Fsp3) is 0.286. The van der Waals surface area contributed by atoms with Crippen LogP contribution in [0.4, 0.5) is 5.69 Å². The Morgan fingerprint density at radius 1 is 1.22 bits per heavy atom. The lowest BCUT2D eigenvalue weighted by Gasteiger charge is -2.09. The molecule has 0 saturated heterocycles. The van der Waals surface area contributed by atoms with Crippen molar-refractivity contribution in [2.75, 3.05) is 5.73 Å². The van der Waals surface area contributed by atoms with Crippen molar-refractivity contribution in [2.45, 2.75) is 26.2 Å². The first kappa shape index (κ1) is 13.0. The highest BCUT2D eigenvalue weighted by Gasteiger charge is 2.08. The molecular weight excluding hydrogens is 290 g/mol. The molecule has 1 aromatic carbocycles. The van der Waals surface area contributed by atoms with Crippen molar-refractivity contribution in [1.82, 2.24) is 9.97 Å². The minimum absolute atomic E-state index is 0.316. The van der Waals surface area contributed by atoms with E-state index in [0.717, 1.165) is 22.4 Å². The number of benzene rings is 1. The minimum Gasteiger partial charge on any atom is -0.396 e. The van der Waals surface area contributed by atoms with Gasteiger partial charge in [0.15, 0.2) is 0 Å². The summed E-state index contributed by atoms with van der Waals surface area (Å²) >= 11 is 3.42. The molecule has 0 aliphatic rings. The van der Waals surface area contributed by atoms with E-state index in [-0.39, 0.29) is 0 Å². The third-order valence-electron chi connectivity index (χ3n) is 2.72. The lowest BCUT2D eigenvalue weighted by Crippen LogP contribution is -2.06. The maximum atomic E-state index is 5.87. The van der Waals surface area contributed by atoms with Crippen LogP contribution in [0, 0.1) is 0 Å². The summed E-state index contributed by atoms with van der Waals surface area (Å²) in [7, 11) is 0. The van der Waals surface area contributed by atoms with Gasteiger partial charge in [0.1, 0.15) is 5.82 Å². The Kier molecular flexibility index (Phi) is 3.97. The Morgan fingerprint density at radius 3 is 2.50 bits per heavy atom. The molecule has 0 unspecified atom stereocenters. The highest BCUT2D eigenvalue weighted by atomic mass is 79.9. The van der Waals surface area contributed by atoms with E-state index in [2.05, 4.69) is 51.9 Å². The van der Waals surface area contributed by atoms with E-state index in [9.17, 15) is 0 Å². The Morgan fingerprint density at radius 2 is 1.89 bits per heavy atom. The molecule has 4 heteroatoms. The molecule has 0 bridgehead atoms. The molecule has 1 heterocycles. The van der Waals surface area contributed by atoms with Gasteiger partial charge in [-0.3, -0.25) is 0 Å². The van der Waals surface area contributed by atoms with Crippen LogP contribution in [0.5, 0.6) is 0 Å². The zero-order chi connectivity index (χ0) is 13.1. The molecule has 2 rings (SSSR count). The van der Waals surface area contributed by atoms with Gasteiger partial charge in [-0.25, -0.2) is 9.97 Å². The number of hydrogen-bond acceptors (Lipinski definition) is 3. The molecule has 0 aliphatic heterocycles. The molecule has 0 radical (unpaired) electrons. The molecule has 94 valence electrons. The van der Waals surface area contributed by atoms with E-state index in [4.69, 9.17) is 5.73 Å². The van der Waals surface area contributed by atoms with Crippen LogP contribution < -0.4 is 5.73 Å². The molecule has 0 fully saturated rings. The molecule has 0 spiro atoms. The summed E-state index contributed by atoms with van der Waals surface area (Å²) in [4.78, 5) is 8.83. The van der Waals surface area contributed by atoms with E-state index in [1.54, 1.807) is 6.20 Å². The quantitative estimate of drug-likeness (QED) is 0.943. The molecule has 2 aromatic rings. The average molecular weight is 306 g/mol. The third kappa shape index (κ3) is 3.07. The van der Waals surface area contributed by atoms with Crippen LogP contribution in [0.15, 0.2) is 34.9 Å². The molecule has 18 heavy (non-hydrogen) atoms. The van der Waals surface area contributed by atoms with Crippen molar-refractivity contribution in [2.24, 2.45) is 0 Å². The maximum Gasteiger partial charge on any atom is 0.133 e. The van der Waals surface area contributed by atoms with Crippen LogP contribution in [-0.2, 0) is 6.42 Å². The Labute approximate surface area is 116 Å². The van der Waals surface area contributed by atoms with Gasteiger partial charge in [-0.1, -0.05) is 41.9 Å². The normalized spacial score (nSPS) is 10.9. The number of rotatable bonds is 3. The lowest BCUT2D eigenvalue weighted by atomic mass is 10.1. The van der Waals surface area contributed by atoms with Crippen molar-refractivity contribution in [1.29, 1.82) is 0 Å². The monoisotopic (exact) mass is 305 g/mol. The van der Waals surface area contributed by atoms with Gasteiger partial charge in [0.05, 0.1) is 17.6 Å². The van der Waals surface area contributed by atoms with E-state index in [1.807, 2.05) is 12.1 Å².